The Balaban J connectivity index is 1.82. The molecule has 0 unspecified atom stereocenters. The van der Waals surface area contributed by atoms with E-state index in [9.17, 15) is 4.79 Å². The van der Waals surface area contributed by atoms with Crippen LogP contribution in [0.3, 0.4) is 0 Å². The fourth-order valence-corrected chi connectivity index (χ4v) is 2.59. The van der Waals surface area contributed by atoms with E-state index >= 15 is 0 Å². The van der Waals surface area contributed by atoms with Crippen LogP contribution in [0.2, 0.25) is 0 Å². The standard InChI is InChI=1S/C16H24N2O2/c1-13-5-3-4-6-14(13)16(7-8-16)15(19)18-10-9-17-11-12-20-2/h3-6,17H,7-12H2,1-2H3,(H,18,19). The van der Waals surface area contributed by atoms with E-state index in [1.807, 2.05) is 12.1 Å². The van der Waals surface area contributed by atoms with Crippen molar-refractivity contribution < 1.29 is 9.53 Å². The van der Waals surface area contributed by atoms with E-state index in [0.29, 0.717) is 13.2 Å². The first-order valence-electron chi connectivity index (χ1n) is 7.25. The van der Waals surface area contributed by atoms with Gasteiger partial charge in [0.2, 0.25) is 5.91 Å². The Morgan fingerprint density at radius 3 is 2.65 bits per heavy atom. The highest BCUT2D eigenvalue weighted by molar-refractivity contribution is 5.91. The van der Waals surface area contributed by atoms with Crippen LogP contribution in [-0.2, 0) is 14.9 Å². The maximum atomic E-state index is 12.4. The topological polar surface area (TPSA) is 50.4 Å². The van der Waals surface area contributed by atoms with E-state index in [4.69, 9.17) is 4.74 Å². The zero-order chi connectivity index (χ0) is 14.4. The Hall–Kier alpha value is -1.39. The molecule has 1 aliphatic carbocycles. The van der Waals surface area contributed by atoms with Crippen molar-refractivity contribution in [1.29, 1.82) is 0 Å². The summed E-state index contributed by atoms with van der Waals surface area (Å²) >= 11 is 0. The molecule has 1 aromatic carbocycles. The minimum absolute atomic E-state index is 0.167. The molecule has 1 aliphatic rings. The van der Waals surface area contributed by atoms with Gasteiger partial charge in [0.05, 0.1) is 12.0 Å². The molecule has 1 saturated carbocycles. The van der Waals surface area contributed by atoms with Crippen molar-refractivity contribution in [3.63, 3.8) is 0 Å². The van der Waals surface area contributed by atoms with Crippen molar-refractivity contribution in [2.24, 2.45) is 0 Å². The molecule has 1 fully saturated rings. The van der Waals surface area contributed by atoms with Crippen molar-refractivity contribution in [3.05, 3.63) is 35.4 Å². The fraction of sp³-hybridized carbons (Fsp3) is 0.562. The van der Waals surface area contributed by atoms with Crippen LogP contribution in [-0.4, -0.2) is 39.3 Å². The maximum Gasteiger partial charge on any atom is 0.230 e. The van der Waals surface area contributed by atoms with Crippen molar-refractivity contribution in [1.82, 2.24) is 10.6 Å². The van der Waals surface area contributed by atoms with Gasteiger partial charge in [0.15, 0.2) is 0 Å². The van der Waals surface area contributed by atoms with E-state index in [-0.39, 0.29) is 11.3 Å². The minimum atomic E-state index is -0.266. The summed E-state index contributed by atoms with van der Waals surface area (Å²) < 4.78 is 4.95. The van der Waals surface area contributed by atoms with Crippen molar-refractivity contribution in [3.8, 4) is 0 Å². The number of rotatable bonds is 8. The average molecular weight is 276 g/mol. The molecule has 1 amide bonds. The zero-order valence-corrected chi connectivity index (χ0v) is 12.4. The number of benzene rings is 1. The highest BCUT2D eigenvalue weighted by Crippen LogP contribution is 2.49. The molecule has 0 bridgehead atoms. The van der Waals surface area contributed by atoms with Gasteiger partial charge in [-0.25, -0.2) is 0 Å². The number of nitrogens with one attached hydrogen (secondary N) is 2. The van der Waals surface area contributed by atoms with Gasteiger partial charge in [0, 0.05) is 26.7 Å². The molecule has 0 saturated heterocycles. The molecule has 20 heavy (non-hydrogen) atoms. The predicted octanol–water partition coefficient (Wildman–Crippen LogP) is 1.38. The smallest absolute Gasteiger partial charge is 0.230 e. The second-order valence-corrected chi connectivity index (χ2v) is 5.40. The number of amides is 1. The minimum Gasteiger partial charge on any atom is -0.383 e. The summed E-state index contributed by atoms with van der Waals surface area (Å²) in [5, 5.41) is 6.27. The molecular weight excluding hydrogens is 252 g/mol. The second kappa shape index (κ2) is 6.86. The monoisotopic (exact) mass is 276 g/mol. The van der Waals surface area contributed by atoms with Crippen LogP contribution in [0, 0.1) is 6.92 Å². The highest BCUT2D eigenvalue weighted by atomic mass is 16.5. The third-order valence-corrected chi connectivity index (χ3v) is 3.92. The van der Waals surface area contributed by atoms with Gasteiger partial charge in [-0.3, -0.25) is 4.79 Å². The fourth-order valence-electron chi connectivity index (χ4n) is 2.59. The van der Waals surface area contributed by atoms with Crippen LogP contribution in [0.1, 0.15) is 24.0 Å². The maximum absolute atomic E-state index is 12.4. The van der Waals surface area contributed by atoms with Gasteiger partial charge in [-0.2, -0.15) is 0 Å². The van der Waals surface area contributed by atoms with E-state index in [0.717, 1.165) is 25.9 Å². The van der Waals surface area contributed by atoms with Crippen molar-refractivity contribution in [2.75, 3.05) is 33.4 Å². The summed E-state index contributed by atoms with van der Waals surface area (Å²) in [5.41, 5.74) is 2.13. The van der Waals surface area contributed by atoms with E-state index in [2.05, 4.69) is 29.7 Å². The van der Waals surface area contributed by atoms with Gasteiger partial charge >= 0.3 is 0 Å². The normalized spacial score (nSPS) is 15.9. The lowest BCUT2D eigenvalue weighted by atomic mass is 9.91. The molecule has 0 atom stereocenters. The quantitative estimate of drug-likeness (QED) is 0.705. The summed E-state index contributed by atoms with van der Waals surface area (Å²) in [5.74, 6) is 0.167. The van der Waals surface area contributed by atoms with Gasteiger partial charge < -0.3 is 15.4 Å². The molecule has 0 radical (unpaired) electrons. The molecule has 4 heteroatoms. The van der Waals surface area contributed by atoms with Crippen LogP contribution in [0.15, 0.2) is 24.3 Å². The Morgan fingerprint density at radius 1 is 1.25 bits per heavy atom. The van der Waals surface area contributed by atoms with Crippen molar-refractivity contribution in [2.45, 2.75) is 25.2 Å². The lowest BCUT2D eigenvalue weighted by molar-refractivity contribution is -0.123. The van der Waals surface area contributed by atoms with Gasteiger partial charge in [-0.05, 0) is 30.9 Å². The molecule has 2 rings (SSSR count). The van der Waals surface area contributed by atoms with Crippen LogP contribution in [0.4, 0.5) is 0 Å². The molecule has 2 N–H and O–H groups in total. The number of hydrogen-bond donors (Lipinski definition) is 2. The predicted molar refractivity (Wildman–Crippen MR) is 79.8 cm³/mol. The molecule has 110 valence electrons. The first kappa shape index (κ1) is 15.0. The first-order valence-corrected chi connectivity index (χ1v) is 7.25. The largest absolute Gasteiger partial charge is 0.383 e. The first-order chi connectivity index (χ1) is 9.70. The lowest BCUT2D eigenvalue weighted by Gasteiger charge is -2.18. The number of carbonyl (C=O) groups excluding carboxylic acids is 1. The molecule has 0 heterocycles. The van der Waals surface area contributed by atoms with Crippen LogP contribution >= 0.6 is 0 Å². The molecular formula is C16H24N2O2. The van der Waals surface area contributed by atoms with E-state index in [1.165, 1.54) is 11.1 Å². The van der Waals surface area contributed by atoms with Crippen molar-refractivity contribution >= 4 is 5.91 Å². The van der Waals surface area contributed by atoms with Gasteiger partial charge in [-0.1, -0.05) is 24.3 Å². The third-order valence-electron chi connectivity index (χ3n) is 3.92. The van der Waals surface area contributed by atoms with E-state index < -0.39 is 0 Å². The summed E-state index contributed by atoms with van der Waals surface area (Å²) in [4.78, 5) is 12.4. The third kappa shape index (κ3) is 3.38. The summed E-state index contributed by atoms with van der Waals surface area (Å²) in [6.07, 6.45) is 1.92. The van der Waals surface area contributed by atoms with Crippen LogP contribution < -0.4 is 10.6 Å². The molecule has 0 aromatic heterocycles. The lowest BCUT2D eigenvalue weighted by Crippen LogP contribution is -2.39. The Morgan fingerprint density at radius 2 is 2.00 bits per heavy atom. The summed E-state index contributed by atoms with van der Waals surface area (Å²) in [7, 11) is 1.68. The average Bonchev–Trinajstić information content (AvgIpc) is 3.24. The summed E-state index contributed by atoms with van der Waals surface area (Å²) in [6.45, 7) is 5.03. The molecule has 0 spiro atoms. The number of ether oxygens (including phenoxy) is 1. The molecule has 0 aliphatic heterocycles. The Kier molecular flexibility index (Phi) is 5.15. The second-order valence-electron chi connectivity index (χ2n) is 5.40. The highest BCUT2D eigenvalue weighted by Gasteiger charge is 2.51. The van der Waals surface area contributed by atoms with Crippen LogP contribution in [0.5, 0.6) is 0 Å². The van der Waals surface area contributed by atoms with Gasteiger partial charge in [0.1, 0.15) is 0 Å². The Labute approximate surface area is 120 Å². The summed E-state index contributed by atoms with van der Waals surface area (Å²) in [6, 6.07) is 8.20. The molecule has 4 nitrogen and oxygen atoms in total. The molecule has 1 aromatic rings. The van der Waals surface area contributed by atoms with E-state index in [1.54, 1.807) is 7.11 Å². The van der Waals surface area contributed by atoms with Gasteiger partial charge in [0.25, 0.3) is 0 Å². The number of hydrogen-bond acceptors (Lipinski definition) is 3. The van der Waals surface area contributed by atoms with Gasteiger partial charge in [-0.15, -0.1) is 0 Å². The SMILES string of the molecule is COCCNCCNC(=O)C1(c2ccccc2C)CC1. The number of carbonyl (C=O) groups is 1. The number of aryl methyl sites for hydroxylation is 1. The van der Waals surface area contributed by atoms with Crippen LogP contribution in [0.25, 0.3) is 0 Å². The number of methoxy groups -OCH3 is 1. The Bertz CT molecular complexity index is 456. The zero-order valence-electron chi connectivity index (χ0n) is 12.4.